The molecule has 0 atom stereocenters. The van der Waals surface area contributed by atoms with E-state index in [1.54, 1.807) is 6.08 Å². The Morgan fingerprint density at radius 2 is 2.18 bits per heavy atom. The first-order chi connectivity index (χ1) is 5.34. The summed E-state index contributed by atoms with van der Waals surface area (Å²) in [6.45, 7) is 5.90. The van der Waals surface area contributed by atoms with E-state index < -0.39 is 0 Å². The molecule has 3 nitrogen and oxygen atoms in total. The van der Waals surface area contributed by atoms with E-state index in [1.165, 1.54) is 0 Å². The quantitative estimate of drug-likeness (QED) is 0.591. The summed E-state index contributed by atoms with van der Waals surface area (Å²) in [6, 6.07) is 0.0439. The summed E-state index contributed by atoms with van der Waals surface area (Å²) < 4.78 is 0. The maximum Gasteiger partial charge on any atom is 0.317 e. The molecule has 0 saturated carbocycles. The van der Waals surface area contributed by atoms with Gasteiger partial charge in [-0.25, -0.2) is 4.79 Å². The summed E-state index contributed by atoms with van der Waals surface area (Å²) in [7, 11) is 0. The van der Waals surface area contributed by atoms with E-state index in [2.05, 4.69) is 11.9 Å². The number of carbonyl (C=O) groups is 1. The lowest BCUT2D eigenvalue weighted by Gasteiger charge is -2.14. The molecule has 1 saturated heterocycles. The molecule has 11 heavy (non-hydrogen) atoms. The Hall–Kier alpha value is -0.990. The van der Waals surface area contributed by atoms with E-state index in [9.17, 15) is 4.79 Å². The molecule has 0 aromatic rings. The highest BCUT2D eigenvalue weighted by molar-refractivity contribution is 5.74. The number of hydrogen-bond donors (Lipinski definition) is 1. The second kappa shape index (κ2) is 4.01. The van der Waals surface area contributed by atoms with Crippen molar-refractivity contribution in [1.82, 2.24) is 10.2 Å². The number of urea groups is 1. The van der Waals surface area contributed by atoms with Crippen LogP contribution in [-0.4, -0.2) is 30.6 Å². The summed E-state index contributed by atoms with van der Waals surface area (Å²) in [4.78, 5) is 13.0. The molecule has 1 aliphatic heterocycles. The Morgan fingerprint density at radius 3 is 2.73 bits per heavy atom. The predicted octanol–water partition coefficient (Wildman–Crippen LogP) is 0.978. The van der Waals surface area contributed by atoms with E-state index in [-0.39, 0.29) is 6.03 Å². The molecule has 1 aliphatic rings. The summed E-state index contributed by atoms with van der Waals surface area (Å²) in [5, 5.41) is 2.74. The summed E-state index contributed by atoms with van der Waals surface area (Å²) in [6.07, 6.45) is 3.97. The fraction of sp³-hybridized carbons (Fsp3) is 0.625. The number of hydrogen-bond acceptors (Lipinski definition) is 1. The maximum absolute atomic E-state index is 11.2. The zero-order valence-corrected chi connectivity index (χ0v) is 6.68. The van der Waals surface area contributed by atoms with Crippen LogP contribution in [0.1, 0.15) is 12.8 Å². The molecule has 0 aliphatic carbocycles. The molecular formula is C8H14N2O. The highest BCUT2D eigenvalue weighted by Crippen LogP contribution is 2.06. The molecule has 1 rings (SSSR count). The normalized spacial score (nSPS) is 16.5. The predicted molar refractivity (Wildman–Crippen MR) is 44.4 cm³/mol. The average Bonchev–Trinajstić information content (AvgIpc) is 2.52. The molecule has 0 unspecified atom stereocenters. The number of likely N-dealkylation sites (tertiary alicyclic amines) is 1. The molecule has 3 heteroatoms. The number of amides is 2. The van der Waals surface area contributed by atoms with E-state index in [4.69, 9.17) is 0 Å². The topological polar surface area (TPSA) is 32.3 Å². The van der Waals surface area contributed by atoms with Crippen molar-refractivity contribution in [2.45, 2.75) is 12.8 Å². The van der Waals surface area contributed by atoms with Crippen molar-refractivity contribution in [2.75, 3.05) is 19.6 Å². The van der Waals surface area contributed by atoms with E-state index in [1.807, 2.05) is 4.90 Å². The lowest BCUT2D eigenvalue weighted by atomic mass is 10.4. The number of carbonyl (C=O) groups excluding carboxylic acids is 1. The molecule has 1 N–H and O–H groups in total. The van der Waals surface area contributed by atoms with Crippen LogP contribution >= 0.6 is 0 Å². The third-order valence-corrected chi connectivity index (χ3v) is 1.79. The molecule has 1 fully saturated rings. The highest BCUT2D eigenvalue weighted by atomic mass is 16.2. The zero-order chi connectivity index (χ0) is 8.10. The first-order valence-electron chi connectivity index (χ1n) is 3.98. The van der Waals surface area contributed by atoms with Crippen molar-refractivity contribution < 1.29 is 4.79 Å². The first kappa shape index (κ1) is 8.11. The van der Waals surface area contributed by atoms with Crippen LogP contribution in [0.5, 0.6) is 0 Å². The van der Waals surface area contributed by atoms with Crippen molar-refractivity contribution >= 4 is 6.03 Å². The molecule has 2 amide bonds. The lowest BCUT2D eigenvalue weighted by Crippen LogP contribution is -2.37. The van der Waals surface area contributed by atoms with Gasteiger partial charge in [-0.05, 0) is 12.8 Å². The van der Waals surface area contributed by atoms with Crippen LogP contribution in [0.3, 0.4) is 0 Å². The van der Waals surface area contributed by atoms with E-state index in [0.717, 1.165) is 25.9 Å². The minimum absolute atomic E-state index is 0.0439. The molecule has 0 radical (unpaired) electrons. The summed E-state index contributed by atoms with van der Waals surface area (Å²) in [5.74, 6) is 0. The molecule has 62 valence electrons. The minimum Gasteiger partial charge on any atom is -0.335 e. The van der Waals surface area contributed by atoms with Gasteiger partial charge in [-0.2, -0.15) is 0 Å². The average molecular weight is 154 g/mol. The molecule has 1 heterocycles. The van der Waals surface area contributed by atoms with Crippen molar-refractivity contribution in [1.29, 1.82) is 0 Å². The van der Waals surface area contributed by atoms with Gasteiger partial charge in [0.15, 0.2) is 0 Å². The third kappa shape index (κ3) is 2.26. The van der Waals surface area contributed by atoms with Gasteiger partial charge >= 0.3 is 6.03 Å². The smallest absolute Gasteiger partial charge is 0.317 e. The Morgan fingerprint density at radius 1 is 1.55 bits per heavy atom. The zero-order valence-electron chi connectivity index (χ0n) is 6.68. The Balaban J connectivity index is 2.22. The Labute approximate surface area is 67.1 Å². The molecule has 0 aromatic heterocycles. The Kier molecular flexibility index (Phi) is 2.95. The fourth-order valence-corrected chi connectivity index (χ4v) is 1.19. The van der Waals surface area contributed by atoms with E-state index >= 15 is 0 Å². The fourth-order valence-electron chi connectivity index (χ4n) is 1.19. The van der Waals surface area contributed by atoms with Gasteiger partial charge in [-0.3, -0.25) is 0 Å². The maximum atomic E-state index is 11.2. The largest absolute Gasteiger partial charge is 0.335 e. The van der Waals surface area contributed by atoms with Gasteiger partial charge in [0.25, 0.3) is 0 Å². The Bertz CT molecular complexity index is 150. The van der Waals surface area contributed by atoms with Crippen molar-refractivity contribution in [3.05, 3.63) is 12.7 Å². The third-order valence-electron chi connectivity index (χ3n) is 1.79. The molecular weight excluding hydrogens is 140 g/mol. The van der Waals surface area contributed by atoms with Crippen LogP contribution in [0.2, 0.25) is 0 Å². The minimum atomic E-state index is 0.0439. The van der Waals surface area contributed by atoms with Crippen LogP contribution in [-0.2, 0) is 0 Å². The van der Waals surface area contributed by atoms with Gasteiger partial charge in [0.2, 0.25) is 0 Å². The van der Waals surface area contributed by atoms with E-state index in [0.29, 0.717) is 6.54 Å². The van der Waals surface area contributed by atoms with Gasteiger partial charge in [-0.1, -0.05) is 6.08 Å². The van der Waals surface area contributed by atoms with Gasteiger partial charge < -0.3 is 10.2 Å². The molecule has 0 spiro atoms. The standard InChI is InChI=1S/C8H14N2O/c1-2-5-9-8(11)10-6-3-4-7-10/h2H,1,3-7H2,(H,9,11). The number of rotatable bonds is 2. The van der Waals surface area contributed by atoms with Crippen LogP contribution in [0.4, 0.5) is 4.79 Å². The lowest BCUT2D eigenvalue weighted by molar-refractivity contribution is 0.210. The number of nitrogens with one attached hydrogen (secondary N) is 1. The van der Waals surface area contributed by atoms with Gasteiger partial charge in [0, 0.05) is 19.6 Å². The van der Waals surface area contributed by atoms with Gasteiger partial charge in [0.05, 0.1) is 0 Å². The van der Waals surface area contributed by atoms with Crippen LogP contribution < -0.4 is 5.32 Å². The molecule has 0 aromatic carbocycles. The van der Waals surface area contributed by atoms with Crippen LogP contribution in [0, 0.1) is 0 Å². The monoisotopic (exact) mass is 154 g/mol. The van der Waals surface area contributed by atoms with Crippen LogP contribution in [0.25, 0.3) is 0 Å². The van der Waals surface area contributed by atoms with Crippen molar-refractivity contribution in [3.63, 3.8) is 0 Å². The van der Waals surface area contributed by atoms with Crippen molar-refractivity contribution in [2.24, 2.45) is 0 Å². The first-order valence-corrected chi connectivity index (χ1v) is 3.98. The van der Waals surface area contributed by atoms with Gasteiger partial charge in [-0.15, -0.1) is 6.58 Å². The SMILES string of the molecule is C=CCNC(=O)N1CCCC1. The van der Waals surface area contributed by atoms with Crippen molar-refractivity contribution in [3.8, 4) is 0 Å². The van der Waals surface area contributed by atoms with Gasteiger partial charge in [0.1, 0.15) is 0 Å². The number of nitrogens with zero attached hydrogens (tertiary/aromatic N) is 1. The highest BCUT2D eigenvalue weighted by Gasteiger charge is 2.16. The second-order valence-corrected chi connectivity index (χ2v) is 2.67. The van der Waals surface area contributed by atoms with Crippen LogP contribution in [0.15, 0.2) is 12.7 Å². The summed E-state index contributed by atoms with van der Waals surface area (Å²) >= 11 is 0. The molecule has 0 bridgehead atoms. The second-order valence-electron chi connectivity index (χ2n) is 2.67. The summed E-state index contributed by atoms with van der Waals surface area (Å²) in [5.41, 5.74) is 0.